The zero-order chi connectivity index (χ0) is 22.6. The Morgan fingerprint density at radius 2 is 1.74 bits per heavy atom. The number of hydrogen-bond acceptors (Lipinski definition) is 3. The van der Waals surface area contributed by atoms with Gasteiger partial charge in [0, 0.05) is 27.1 Å². The fraction of sp³-hybridized carbons (Fsp3) is 0.280. The highest BCUT2D eigenvalue weighted by molar-refractivity contribution is 9.10. The highest BCUT2D eigenvalue weighted by Crippen LogP contribution is 2.25. The van der Waals surface area contributed by atoms with Crippen molar-refractivity contribution in [2.45, 2.75) is 40.0 Å². The number of aromatic nitrogens is 1. The van der Waals surface area contributed by atoms with Crippen LogP contribution in [0.4, 0.5) is 0 Å². The van der Waals surface area contributed by atoms with Gasteiger partial charge in [0.2, 0.25) is 0 Å². The third-order valence-corrected chi connectivity index (χ3v) is 5.57. The Morgan fingerprint density at radius 1 is 1.10 bits per heavy atom. The predicted molar refractivity (Wildman–Crippen MR) is 129 cm³/mol. The molecule has 0 spiro atoms. The van der Waals surface area contributed by atoms with Crippen LogP contribution in [-0.4, -0.2) is 23.3 Å². The van der Waals surface area contributed by atoms with Gasteiger partial charge in [-0.2, -0.15) is 5.10 Å². The van der Waals surface area contributed by atoms with Gasteiger partial charge >= 0.3 is 0 Å². The lowest BCUT2D eigenvalue weighted by atomic mass is 9.87. The van der Waals surface area contributed by atoms with E-state index in [2.05, 4.69) is 89.1 Å². The van der Waals surface area contributed by atoms with E-state index in [1.807, 2.05) is 19.1 Å². The molecule has 6 heteroatoms. The second-order valence-electron chi connectivity index (χ2n) is 8.49. The number of carbonyl (C=O) groups is 1. The summed E-state index contributed by atoms with van der Waals surface area (Å²) >= 11 is 3.36. The maximum Gasteiger partial charge on any atom is 0.277 e. The van der Waals surface area contributed by atoms with Crippen molar-refractivity contribution in [1.29, 1.82) is 0 Å². The zero-order valence-electron chi connectivity index (χ0n) is 18.6. The first-order valence-corrected chi connectivity index (χ1v) is 10.9. The predicted octanol–water partition coefficient (Wildman–Crippen LogP) is 5.68. The molecule has 31 heavy (non-hydrogen) atoms. The fourth-order valence-electron chi connectivity index (χ4n) is 3.31. The minimum Gasteiger partial charge on any atom is -0.484 e. The van der Waals surface area contributed by atoms with E-state index in [1.165, 1.54) is 5.56 Å². The van der Waals surface area contributed by atoms with Crippen molar-refractivity contribution >= 4 is 28.1 Å². The Labute approximate surface area is 192 Å². The van der Waals surface area contributed by atoms with Gasteiger partial charge in [-0.1, -0.05) is 48.8 Å². The molecular weight excluding hydrogens is 454 g/mol. The molecule has 0 saturated carbocycles. The molecule has 1 amide bonds. The minimum absolute atomic E-state index is 0.0991. The Bertz CT molecular complexity index is 1080. The van der Waals surface area contributed by atoms with Crippen LogP contribution in [0.5, 0.6) is 5.75 Å². The summed E-state index contributed by atoms with van der Waals surface area (Å²) < 4.78 is 8.59. The Hall–Kier alpha value is -2.86. The van der Waals surface area contributed by atoms with Crippen molar-refractivity contribution in [3.63, 3.8) is 0 Å². The lowest BCUT2D eigenvalue weighted by Crippen LogP contribution is -2.24. The molecule has 3 aromatic rings. The van der Waals surface area contributed by atoms with Gasteiger partial charge in [0.25, 0.3) is 5.91 Å². The van der Waals surface area contributed by atoms with Crippen LogP contribution in [0.25, 0.3) is 5.69 Å². The van der Waals surface area contributed by atoms with Crippen molar-refractivity contribution in [3.05, 3.63) is 81.6 Å². The number of halogens is 1. The van der Waals surface area contributed by atoms with Gasteiger partial charge in [-0.25, -0.2) is 5.43 Å². The van der Waals surface area contributed by atoms with E-state index in [1.54, 1.807) is 18.3 Å². The smallest absolute Gasteiger partial charge is 0.277 e. The van der Waals surface area contributed by atoms with Crippen LogP contribution in [0.3, 0.4) is 0 Å². The van der Waals surface area contributed by atoms with Crippen molar-refractivity contribution in [2.75, 3.05) is 6.61 Å². The number of aryl methyl sites for hydroxylation is 1. The van der Waals surface area contributed by atoms with Crippen LogP contribution in [0, 0.1) is 13.8 Å². The molecule has 1 aromatic heterocycles. The molecule has 0 aliphatic carbocycles. The molecule has 1 heterocycles. The monoisotopic (exact) mass is 481 g/mol. The molecule has 0 atom stereocenters. The molecule has 2 aromatic carbocycles. The highest BCUT2D eigenvalue weighted by Gasteiger charge is 2.14. The molecule has 0 unspecified atom stereocenters. The van der Waals surface area contributed by atoms with E-state index in [4.69, 9.17) is 4.74 Å². The summed E-state index contributed by atoms with van der Waals surface area (Å²) in [7, 11) is 0. The zero-order valence-corrected chi connectivity index (χ0v) is 20.2. The second-order valence-corrected chi connectivity index (χ2v) is 9.41. The second kappa shape index (κ2) is 9.52. The summed E-state index contributed by atoms with van der Waals surface area (Å²) in [4.78, 5) is 12.0. The molecule has 3 rings (SSSR count). The molecule has 0 fully saturated rings. The number of amides is 1. The summed E-state index contributed by atoms with van der Waals surface area (Å²) in [5.74, 6) is 0.314. The van der Waals surface area contributed by atoms with Gasteiger partial charge in [0.1, 0.15) is 5.75 Å². The van der Waals surface area contributed by atoms with E-state index in [9.17, 15) is 4.79 Å². The largest absolute Gasteiger partial charge is 0.484 e. The Kier molecular flexibility index (Phi) is 7.01. The van der Waals surface area contributed by atoms with Gasteiger partial charge in [-0.05, 0) is 67.3 Å². The molecule has 5 nitrogen and oxygen atoms in total. The van der Waals surface area contributed by atoms with Crippen molar-refractivity contribution in [3.8, 4) is 11.4 Å². The van der Waals surface area contributed by atoms with E-state index in [0.717, 1.165) is 27.1 Å². The van der Waals surface area contributed by atoms with E-state index < -0.39 is 0 Å². The maximum atomic E-state index is 12.0. The molecule has 162 valence electrons. The maximum absolute atomic E-state index is 12.0. The number of ether oxygens (including phenoxy) is 1. The first kappa shape index (κ1) is 22.8. The van der Waals surface area contributed by atoms with Crippen LogP contribution >= 0.6 is 15.9 Å². The molecule has 0 bridgehead atoms. The van der Waals surface area contributed by atoms with Gasteiger partial charge < -0.3 is 9.30 Å². The number of carbonyl (C=O) groups excluding carboxylic acids is 1. The lowest BCUT2D eigenvalue weighted by molar-refractivity contribution is -0.123. The average Bonchev–Trinajstić information content (AvgIpc) is 3.00. The third kappa shape index (κ3) is 5.85. The summed E-state index contributed by atoms with van der Waals surface area (Å²) in [6.45, 7) is 10.6. The van der Waals surface area contributed by atoms with Crippen LogP contribution in [0.15, 0.2) is 64.2 Å². The topological polar surface area (TPSA) is 55.6 Å². The molecule has 0 aliphatic rings. The SMILES string of the molecule is Cc1cc(/C=N\NC(=O)COc2ccc(Br)cc2)c(C)n1-c1ccc(C(C)(C)C)cc1. The number of nitrogens with zero attached hydrogens (tertiary/aromatic N) is 2. The number of benzene rings is 2. The van der Waals surface area contributed by atoms with Crippen molar-refractivity contribution in [1.82, 2.24) is 9.99 Å². The number of hydrazone groups is 1. The Balaban J connectivity index is 1.64. The van der Waals surface area contributed by atoms with Crippen LogP contribution in [-0.2, 0) is 10.2 Å². The summed E-state index contributed by atoms with van der Waals surface area (Å²) in [6.07, 6.45) is 1.67. The van der Waals surface area contributed by atoms with E-state index >= 15 is 0 Å². The van der Waals surface area contributed by atoms with Crippen LogP contribution in [0.1, 0.15) is 43.3 Å². The number of rotatable bonds is 6. The summed E-state index contributed by atoms with van der Waals surface area (Å²) in [5.41, 5.74) is 8.16. The molecule has 0 aliphatic heterocycles. The molecule has 1 N–H and O–H groups in total. The molecule has 0 radical (unpaired) electrons. The van der Waals surface area contributed by atoms with Gasteiger partial charge in [0.15, 0.2) is 6.61 Å². The molecule has 0 saturated heterocycles. The Morgan fingerprint density at radius 3 is 2.35 bits per heavy atom. The first-order valence-electron chi connectivity index (χ1n) is 10.2. The minimum atomic E-state index is -0.314. The summed E-state index contributed by atoms with van der Waals surface area (Å²) in [5, 5.41) is 4.10. The van der Waals surface area contributed by atoms with Crippen LogP contribution < -0.4 is 10.2 Å². The lowest BCUT2D eigenvalue weighted by Gasteiger charge is -2.20. The normalized spacial score (nSPS) is 11.7. The molecular formula is C25H28BrN3O2. The van der Waals surface area contributed by atoms with Crippen molar-refractivity contribution in [2.24, 2.45) is 5.10 Å². The highest BCUT2D eigenvalue weighted by atomic mass is 79.9. The number of hydrogen-bond donors (Lipinski definition) is 1. The summed E-state index contributed by atoms with van der Waals surface area (Å²) in [6, 6.07) is 18.0. The standard InChI is InChI=1S/C25H28BrN3O2/c1-17-14-19(15-27-28-24(30)16-31-23-12-8-21(26)9-13-23)18(2)29(17)22-10-6-20(7-11-22)25(3,4)5/h6-15H,16H2,1-5H3,(H,28,30)/b27-15-. The fourth-order valence-corrected chi connectivity index (χ4v) is 3.58. The van der Waals surface area contributed by atoms with Gasteiger partial charge in [0.05, 0.1) is 6.21 Å². The van der Waals surface area contributed by atoms with Gasteiger partial charge in [-0.3, -0.25) is 4.79 Å². The van der Waals surface area contributed by atoms with Gasteiger partial charge in [-0.15, -0.1) is 0 Å². The van der Waals surface area contributed by atoms with Crippen LogP contribution in [0.2, 0.25) is 0 Å². The van der Waals surface area contributed by atoms with Crippen molar-refractivity contribution < 1.29 is 9.53 Å². The van der Waals surface area contributed by atoms with E-state index in [-0.39, 0.29) is 17.9 Å². The number of nitrogens with one attached hydrogen (secondary N) is 1. The third-order valence-electron chi connectivity index (χ3n) is 5.04. The van der Waals surface area contributed by atoms with E-state index in [0.29, 0.717) is 5.75 Å². The quantitative estimate of drug-likeness (QED) is 0.363. The average molecular weight is 482 g/mol. The first-order chi connectivity index (χ1) is 14.6.